The van der Waals surface area contributed by atoms with Crippen LogP contribution in [0.4, 0.5) is 0 Å². The lowest BCUT2D eigenvalue weighted by Gasteiger charge is -2.30. The lowest BCUT2D eigenvalue weighted by molar-refractivity contribution is -0.128. The van der Waals surface area contributed by atoms with Crippen LogP contribution in [0.25, 0.3) is 0 Å². The van der Waals surface area contributed by atoms with Gasteiger partial charge in [-0.25, -0.2) is 0 Å². The summed E-state index contributed by atoms with van der Waals surface area (Å²) in [4.78, 5) is 12.3. The van der Waals surface area contributed by atoms with Gasteiger partial charge in [0.1, 0.15) is 0 Å². The number of amides is 1. The Balaban J connectivity index is 1.94. The molecule has 104 valence electrons. The third-order valence-electron chi connectivity index (χ3n) is 4.14. The quantitative estimate of drug-likeness (QED) is 0.649. The van der Waals surface area contributed by atoms with E-state index in [9.17, 15) is 9.90 Å². The van der Waals surface area contributed by atoms with E-state index in [1.807, 2.05) is 6.92 Å². The highest BCUT2D eigenvalue weighted by Crippen LogP contribution is 2.30. The predicted molar refractivity (Wildman–Crippen MR) is 68.2 cm³/mol. The van der Waals surface area contributed by atoms with E-state index < -0.39 is 0 Å². The molecule has 5 heteroatoms. The van der Waals surface area contributed by atoms with Gasteiger partial charge in [-0.05, 0) is 19.4 Å². The third kappa shape index (κ3) is 2.84. The lowest BCUT2D eigenvalue weighted by atomic mass is 9.95. The van der Waals surface area contributed by atoms with Crippen LogP contribution in [0.5, 0.6) is 0 Å². The van der Waals surface area contributed by atoms with Crippen molar-refractivity contribution in [2.45, 2.75) is 44.2 Å². The van der Waals surface area contributed by atoms with Crippen LogP contribution in [-0.2, 0) is 9.53 Å². The maximum absolute atomic E-state index is 12.3. The first-order valence-electron chi connectivity index (χ1n) is 6.95. The van der Waals surface area contributed by atoms with Crippen molar-refractivity contribution in [3.05, 3.63) is 0 Å². The van der Waals surface area contributed by atoms with Gasteiger partial charge in [0.15, 0.2) is 0 Å². The fourth-order valence-electron chi connectivity index (χ4n) is 3.00. The van der Waals surface area contributed by atoms with Gasteiger partial charge in [-0.3, -0.25) is 4.79 Å². The van der Waals surface area contributed by atoms with E-state index in [1.54, 1.807) is 0 Å². The van der Waals surface area contributed by atoms with E-state index >= 15 is 0 Å². The molecule has 2 unspecified atom stereocenters. The summed E-state index contributed by atoms with van der Waals surface area (Å²) >= 11 is 0. The Hall–Kier alpha value is -0.650. The summed E-state index contributed by atoms with van der Waals surface area (Å²) < 4.78 is 5.39. The van der Waals surface area contributed by atoms with Gasteiger partial charge >= 0.3 is 0 Å². The maximum atomic E-state index is 12.3. The number of rotatable bonds is 5. The van der Waals surface area contributed by atoms with Crippen molar-refractivity contribution in [3.63, 3.8) is 0 Å². The smallest absolute Gasteiger partial charge is 0.227 e. The SMILES string of the molecule is CCNC1COCC1C(=O)NC1(CO)CCCC1. The van der Waals surface area contributed by atoms with Crippen LogP contribution in [0, 0.1) is 5.92 Å². The average Bonchev–Trinajstić information content (AvgIpc) is 2.99. The van der Waals surface area contributed by atoms with Crippen molar-refractivity contribution in [2.24, 2.45) is 5.92 Å². The zero-order valence-corrected chi connectivity index (χ0v) is 11.1. The van der Waals surface area contributed by atoms with Gasteiger partial charge in [0.25, 0.3) is 0 Å². The highest BCUT2D eigenvalue weighted by molar-refractivity contribution is 5.80. The number of ether oxygens (including phenoxy) is 1. The van der Waals surface area contributed by atoms with Crippen LogP contribution in [-0.4, -0.2) is 49.0 Å². The van der Waals surface area contributed by atoms with Crippen molar-refractivity contribution in [1.82, 2.24) is 10.6 Å². The number of nitrogens with one attached hydrogen (secondary N) is 2. The molecule has 1 aliphatic heterocycles. The highest BCUT2D eigenvalue weighted by Gasteiger charge is 2.40. The van der Waals surface area contributed by atoms with Crippen molar-refractivity contribution in [2.75, 3.05) is 26.4 Å². The first kappa shape index (κ1) is 13.8. The van der Waals surface area contributed by atoms with Crippen LogP contribution >= 0.6 is 0 Å². The van der Waals surface area contributed by atoms with E-state index in [2.05, 4.69) is 10.6 Å². The van der Waals surface area contributed by atoms with Crippen LogP contribution < -0.4 is 10.6 Å². The van der Waals surface area contributed by atoms with E-state index in [-0.39, 0.29) is 30.0 Å². The molecular weight excluding hydrogens is 232 g/mol. The number of aliphatic hydroxyl groups excluding tert-OH is 1. The molecule has 1 saturated carbocycles. The Labute approximate surface area is 108 Å². The molecule has 2 atom stereocenters. The fraction of sp³-hybridized carbons (Fsp3) is 0.923. The zero-order chi connectivity index (χ0) is 13.0. The van der Waals surface area contributed by atoms with E-state index in [0.29, 0.717) is 13.2 Å². The van der Waals surface area contributed by atoms with Gasteiger partial charge in [0.2, 0.25) is 5.91 Å². The Morgan fingerprint density at radius 3 is 2.72 bits per heavy atom. The van der Waals surface area contributed by atoms with Crippen molar-refractivity contribution < 1.29 is 14.6 Å². The molecular formula is C13H24N2O3. The minimum Gasteiger partial charge on any atom is -0.394 e. The van der Waals surface area contributed by atoms with E-state index in [0.717, 1.165) is 32.2 Å². The minimum atomic E-state index is -0.379. The van der Waals surface area contributed by atoms with Gasteiger partial charge in [-0.1, -0.05) is 19.8 Å². The number of aliphatic hydroxyl groups is 1. The topological polar surface area (TPSA) is 70.6 Å². The van der Waals surface area contributed by atoms with Crippen LogP contribution in [0.2, 0.25) is 0 Å². The highest BCUT2D eigenvalue weighted by atomic mass is 16.5. The molecule has 0 aromatic rings. The molecule has 0 aromatic carbocycles. The molecule has 2 rings (SSSR count). The Morgan fingerprint density at radius 1 is 1.39 bits per heavy atom. The summed E-state index contributed by atoms with van der Waals surface area (Å²) in [5.74, 6) is -0.108. The van der Waals surface area contributed by atoms with Crippen LogP contribution in [0.1, 0.15) is 32.6 Å². The Kier molecular flexibility index (Phi) is 4.59. The number of carbonyl (C=O) groups is 1. The summed E-state index contributed by atoms with van der Waals surface area (Å²) in [5.41, 5.74) is -0.379. The molecule has 0 spiro atoms. The number of likely N-dealkylation sites (N-methyl/N-ethyl adjacent to an activating group) is 1. The first-order chi connectivity index (χ1) is 8.71. The van der Waals surface area contributed by atoms with Gasteiger partial charge in [0.05, 0.1) is 31.3 Å². The summed E-state index contributed by atoms with van der Waals surface area (Å²) in [6.07, 6.45) is 3.93. The molecule has 1 amide bonds. The van der Waals surface area contributed by atoms with Gasteiger partial charge < -0.3 is 20.5 Å². The molecule has 0 radical (unpaired) electrons. The Bertz CT molecular complexity index is 290. The van der Waals surface area contributed by atoms with Crippen LogP contribution in [0.3, 0.4) is 0 Å². The van der Waals surface area contributed by atoms with Crippen molar-refractivity contribution >= 4 is 5.91 Å². The average molecular weight is 256 g/mol. The van der Waals surface area contributed by atoms with Crippen molar-refractivity contribution in [1.29, 1.82) is 0 Å². The summed E-state index contributed by atoms with van der Waals surface area (Å²) in [6, 6.07) is 0.104. The van der Waals surface area contributed by atoms with Gasteiger partial charge in [-0.2, -0.15) is 0 Å². The number of hydrogen-bond acceptors (Lipinski definition) is 4. The molecule has 2 fully saturated rings. The standard InChI is InChI=1S/C13H24N2O3/c1-2-14-11-8-18-7-10(11)12(17)15-13(9-16)5-3-4-6-13/h10-11,14,16H,2-9H2,1H3,(H,15,17). The first-order valence-corrected chi connectivity index (χ1v) is 6.95. The minimum absolute atomic E-state index is 0.0226. The molecule has 3 N–H and O–H groups in total. The van der Waals surface area contributed by atoms with E-state index in [4.69, 9.17) is 4.74 Å². The number of hydrogen-bond donors (Lipinski definition) is 3. The molecule has 1 heterocycles. The molecule has 5 nitrogen and oxygen atoms in total. The molecule has 2 aliphatic rings. The predicted octanol–water partition coefficient (Wildman–Crippen LogP) is 0.0322. The maximum Gasteiger partial charge on any atom is 0.227 e. The second kappa shape index (κ2) is 5.99. The third-order valence-corrected chi connectivity index (χ3v) is 4.14. The number of carbonyl (C=O) groups excluding carboxylic acids is 1. The van der Waals surface area contributed by atoms with E-state index in [1.165, 1.54) is 0 Å². The summed E-state index contributed by atoms with van der Waals surface area (Å²) in [7, 11) is 0. The monoisotopic (exact) mass is 256 g/mol. The molecule has 0 aromatic heterocycles. The van der Waals surface area contributed by atoms with Gasteiger partial charge in [-0.15, -0.1) is 0 Å². The van der Waals surface area contributed by atoms with Gasteiger partial charge in [0, 0.05) is 6.04 Å². The molecule has 0 bridgehead atoms. The molecule has 1 aliphatic carbocycles. The van der Waals surface area contributed by atoms with Crippen LogP contribution in [0.15, 0.2) is 0 Å². The normalized spacial score (nSPS) is 30.6. The lowest BCUT2D eigenvalue weighted by Crippen LogP contribution is -2.54. The second-order valence-electron chi connectivity index (χ2n) is 5.44. The molecule has 1 saturated heterocycles. The largest absolute Gasteiger partial charge is 0.394 e. The summed E-state index contributed by atoms with van der Waals surface area (Å²) in [6.45, 7) is 3.98. The molecule has 18 heavy (non-hydrogen) atoms. The Morgan fingerprint density at radius 2 is 2.11 bits per heavy atom. The second-order valence-corrected chi connectivity index (χ2v) is 5.44. The fourth-order valence-corrected chi connectivity index (χ4v) is 3.00. The summed E-state index contributed by atoms with van der Waals surface area (Å²) in [5, 5.41) is 15.9. The zero-order valence-electron chi connectivity index (χ0n) is 11.1. The van der Waals surface area contributed by atoms with Crippen molar-refractivity contribution in [3.8, 4) is 0 Å².